The highest BCUT2D eigenvalue weighted by atomic mass is 35.5. The molecule has 228 valence electrons. The van der Waals surface area contributed by atoms with Crippen LogP contribution in [0.1, 0.15) is 48.8 Å². The number of likely N-dealkylation sites (tertiary alicyclic amines) is 2. The molecule has 4 rings (SSSR count). The Labute approximate surface area is 249 Å². The normalized spacial score (nSPS) is 20.8. The summed E-state index contributed by atoms with van der Waals surface area (Å²) in [5.74, 6) is -5.10. The van der Waals surface area contributed by atoms with Crippen LogP contribution in [0.2, 0.25) is 5.02 Å². The van der Waals surface area contributed by atoms with Gasteiger partial charge in [-0.05, 0) is 42.1 Å². The van der Waals surface area contributed by atoms with E-state index in [0.717, 1.165) is 31.6 Å². The fourth-order valence-corrected chi connectivity index (χ4v) is 5.78. The molecule has 0 spiro atoms. The lowest BCUT2D eigenvalue weighted by Crippen LogP contribution is -2.47. The van der Waals surface area contributed by atoms with Crippen molar-refractivity contribution in [1.82, 2.24) is 19.4 Å². The SMILES string of the molecule is NC(=O)C1CCCN(C(=O)CN2C[C@H](c3ccc(Cl)cc3)[C@@H](c3csnn3)C2)C1.O=C(O)CC(O)(CC(=O)O)C(=O)O. The third-order valence-corrected chi connectivity index (χ3v) is 8.05. The molecule has 1 aromatic heterocycles. The quantitative estimate of drug-likeness (QED) is 0.248. The summed E-state index contributed by atoms with van der Waals surface area (Å²) in [7, 11) is 0. The molecular formula is C26H32ClN5O9S. The van der Waals surface area contributed by atoms with Crippen LogP contribution in [0.5, 0.6) is 0 Å². The van der Waals surface area contributed by atoms with E-state index in [1.165, 1.54) is 17.1 Å². The molecule has 6 N–H and O–H groups in total. The van der Waals surface area contributed by atoms with Crippen molar-refractivity contribution < 1.29 is 44.4 Å². The first-order valence-corrected chi connectivity index (χ1v) is 14.2. The number of carbonyl (C=O) groups excluding carboxylic acids is 2. The van der Waals surface area contributed by atoms with E-state index in [1.54, 1.807) is 4.90 Å². The number of carboxylic acid groups (broad SMARTS) is 3. The van der Waals surface area contributed by atoms with Crippen LogP contribution in [-0.4, -0.2) is 108 Å². The summed E-state index contributed by atoms with van der Waals surface area (Å²) in [5.41, 5.74) is 4.87. The highest BCUT2D eigenvalue weighted by molar-refractivity contribution is 7.03. The Balaban J connectivity index is 0.000000316. The van der Waals surface area contributed by atoms with Crippen molar-refractivity contribution in [2.45, 2.75) is 43.1 Å². The van der Waals surface area contributed by atoms with Gasteiger partial charge in [0.1, 0.15) is 0 Å². The van der Waals surface area contributed by atoms with Gasteiger partial charge in [-0.3, -0.25) is 24.1 Å². The molecule has 1 aromatic carbocycles. The molecule has 42 heavy (non-hydrogen) atoms. The average molecular weight is 626 g/mol. The summed E-state index contributed by atoms with van der Waals surface area (Å²) < 4.78 is 4.03. The summed E-state index contributed by atoms with van der Waals surface area (Å²) in [6.07, 6.45) is -0.705. The topological polar surface area (TPSA) is 225 Å². The van der Waals surface area contributed by atoms with Gasteiger partial charge in [0.25, 0.3) is 0 Å². The molecule has 2 amide bonds. The Hall–Kier alpha value is -3.66. The number of aromatic nitrogens is 2. The Kier molecular flexibility index (Phi) is 11.3. The van der Waals surface area contributed by atoms with E-state index in [0.29, 0.717) is 24.7 Å². The van der Waals surface area contributed by atoms with Gasteiger partial charge in [-0.2, -0.15) is 0 Å². The van der Waals surface area contributed by atoms with E-state index in [2.05, 4.69) is 14.5 Å². The lowest BCUT2D eigenvalue weighted by Gasteiger charge is -2.32. The molecule has 0 aliphatic carbocycles. The fourth-order valence-electron chi connectivity index (χ4n) is 5.14. The first kappa shape index (κ1) is 32.8. The minimum Gasteiger partial charge on any atom is -0.481 e. The van der Waals surface area contributed by atoms with Crippen LogP contribution in [0.15, 0.2) is 29.6 Å². The number of piperidine rings is 1. The molecule has 2 aliphatic rings. The number of rotatable bonds is 10. The number of nitrogens with zero attached hydrogens (tertiary/aromatic N) is 4. The highest BCUT2D eigenvalue weighted by Gasteiger charge is 2.41. The number of carboxylic acids is 3. The van der Waals surface area contributed by atoms with Gasteiger partial charge in [0.15, 0.2) is 5.60 Å². The van der Waals surface area contributed by atoms with Crippen LogP contribution < -0.4 is 5.73 Å². The number of amides is 2. The first-order valence-electron chi connectivity index (χ1n) is 13.0. The first-order chi connectivity index (χ1) is 19.8. The van der Waals surface area contributed by atoms with Crippen LogP contribution in [0.4, 0.5) is 0 Å². The molecule has 2 aliphatic heterocycles. The second kappa shape index (κ2) is 14.5. The molecule has 2 fully saturated rings. The number of benzene rings is 1. The Morgan fingerprint density at radius 2 is 1.62 bits per heavy atom. The third kappa shape index (κ3) is 8.92. The summed E-state index contributed by atoms with van der Waals surface area (Å²) in [4.78, 5) is 58.9. The predicted molar refractivity (Wildman–Crippen MR) is 149 cm³/mol. The monoisotopic (exact) mass is 625 g/mol. The van der Waals surface area contributed by atoms with Gasteiger partial charge < -0.3 is 31.1 Å². The van der Waals surface area contributed by atoms with Crippen LogP contribution >= 0.6 is 23.1 Å². The molecule has 2 saturated heterocycles. The maximum absolute atomic E-state index is 12.9. The summed E-state index contributed by atoms with van der Waals surface area (Å²) in [6, 6.07) is 7.90. The van der Waals surface area contributed by atoms with E-state index in [-0.39, 0.29) is 29.6 Å². The van der Waals surface area contributed by atoms with Gasteiger partial charge in [0.05, 0.1) is 31.0 Å². The van der Waals surface area contributed by atoms with Gasteiger partial charge in [0, 0.05) is 48.4 Å². The van der Waals surface area contributed by atoms with Crippen LogP contribution in [-0.2, 0) is 24.0 Å². The standard InChI is InChI=1S/C20H24ClN5O2S.C6H8O7/c21-15-5-3-13(4-6-15)16-9-25(10-17(16)18-12-29-24-23-18)11-19(27)26-7-1-2-14(8-26)20(22)28;7-3(8)1-6(13,5(11)12)2-4(9)10/h3-6,12,14,16-17H,1-2,7-11H2,(H2,22,28);13H,1-2H2,(H,7,8)(H,9,10)(H,11,12)/t14?,16-,17+;/m1./s1. The third-order valence-electron chi connectivity index (χ3n) is 7.27. The highest BCUT2D eigenvalue weighted by Crippen LogP contribution is 2.39. The van der Waals surface area contributed by atoms with Crippen LogP contribution in [0.25, 0.3) is 0 Å². The van der Waals surface area contributed by atoms with Crippen molar-refractivity contribution in [2.24, 2.45) is 11.7 Å². The number of hydrogen-bond acceptors (Lipinski definition) is 10. The van der Waals surface area contributed by atoms with E-state index in [9.17, 15) is 24.0 Å². The number of nitrogens with two attached hydrogens (primary N) is 1. The van der Waals surface area contributed by atoms with Crippen molar-refractivity contribution in [1.29, 1.82) is 0 Å². The van der Waals surface area contributed by atoms with Crippen molar-refractivity contribution in [2.75, 3.05) is 32.7 Å². The van der Waals surface area contributed by atoms with Gasteiger partial charge in [-0.15, -0.1) is 5.10 Å². The second-order valence-electron chi connectivity index (χ2n) is 10.3. The molecular weight excluding hydrogens is 594 g/mol. The summed E-state index contributed by atoms with van der Waals surface area (Å²) in [6.45, 7) is 2.97. The molecule has 14 nitrogen and oxygen atoms in total. The molecule has 1 unspecified atom stereocenters. The lowest BCUT2D eigenvalue weighted by molar-refractivity contribution is -0.170. The Bertz CT molecular complexity index is 1260. The molecule has 16 heteroatoms. The van der Waals surface area contributed by atoms with Gasteiger partial charge >= 0.3 is 17.9 Å². The molecule has 0 saturated carbocycles. The second-order valence-corrected chi connectivity index (χ2v) is 11.4. The number of aliphatic carboxylic acids is 3. The van der Waals surface area contributed by atoms with Crippen molar-refractivity contribution in [3.8, 4) is 0 Å². The number of hydrogen-bond donors (Lipinski definition) is 5. The molecule has 3 atom stereocenters. The predicted octanol–water partition coefficient (Wildman–Crippen LogP) is 0.850. The lowest BCUT2D eigenvalue weighted by atomic mass is 9.87. The molecule has 2 aromatic rings. The fraction of sp³-hybridized carbons (Fsp3) is 0.500. The van der Waals surface area contributed by atoms with Crippen molar-refractivity contribution >= 4 is 52.9 Å². The average Bonchev–Trinajstić information content (AvgIpc) is 3.59. The Morgan fingerprint density at radius 3 is 2.14 bits per heavy atom. The molecule has 3 heterocycles. The number of primary amides is 1. The molecule has 0 radical (unpaired) electrons. The molecule has 0 bridgehead atoms. The maximum Gasteiger partial charge on any atom is 0.336 e. The van der Waals surface area contributed by atoms with Crippen LogP contribution in [0, 0.1) is 5.92 Å². The largest absolute Gasteiger partial charge is 0.481 e. The van der Waals surface area contributed by atoms with E-state index < -0.39 is 36.4 Å². The van der Waals surface area contributed by atoms with Crippen molar-refractivity contribution in [3.05, 3.63) is 45.9 Å². The minimum absolute atomic E-state index is 0.0582. The van der Waals surface area contributed by atoms with E-state index >= 15 is 0 Å². The van der Waals surface area contributed by atoms with Crippen molar-refractivity contribution in [3.63, 3.8) is 0 Å². The number of halogens is 1. The number of carbonyl (C=O) groups is 5. The van der Waals surface area contributed by atoms with Crippen LogP contribution in [0.3, 0.4) is 0 Å². The maximum atomic E-state index is 12.9. The van der Waals surface area contributed by atoms with Gasteiger partial charge in [0.2, 0.25) is 11.8 Å². The Morgan fingerprint density at radius 1 is 1.00 bits per heavy atom. The van der Waals surface area contributed by atoms with E-state index in [1.807, 2.05) is 29.6 Å². The van der Waals surface area contributed by atoms with E-state index in [4.69, 9.17) is 37.8 Å². The minimum atomic E-state index is -2.74. The van der Waals surface area contributed by atoms with Gasteiger partial charge in [-0.25, -0.2) is 4.79 Å². The summed E-state index contributed by atoms with van der Waals surface area (Å²) >= 11 is 7.40. The zero-order valence-electron chi connectivity index (χ0n) is 22.5. The number of aliphatic hydroxyl groups is 1. The van der Waals surface area contributed by atoms with Gasteiger partial charge in [-0.1, -0.05) is 28.2 Å². The smallest absolute Gasteiger partial charge is 0.336 e. The summed E-state index contributed by atoms with van der Waals surface area (Å²) in [5, 5.41) is 40.8. The zero-order chi connectivity index (χ0) is 31.0. The zero-order valence-corrected chi connectivity index (χ0v) is 24.0.